The lowest BCUT2D eigenvalue weighted by molar-refractivity contribution is -0.161. The van der Waals surface area contributed by atoms with Crippen LogP contribution in [0.15, 0.2) is 66.7 Å². The van der Waals surface area contributed by atoms with Gasteiger partial charge in [-0.3, -0.25) is 19.2 Å². The van der Waals surface area contributed by atoms with Crippen LogP contribution < -0.4 is 25.4 Å². The van der Waals surface area contributed by atoms with Gasteiger partial charge in [0.25, 0.3) is 5.91 Å². The van der Waals surface area contributed by atoms with Crippen LogP contribution in [0.4, 0.5) is 8.78 Å². The van der Waals surface area contributed by atoms with E-state index in [4.69, 9.17) is 32.7 Å². The van der Waals surface area contributed by atoms with Crippen LogP contribution in [0.3, 0.4) is 0 Å². The third-order valence-corrected chi connectivity index (χ3v) is 8.29. The number of halogens is 4. The second kappa shape index (κ2) is 17.8. The molecule has 0 aromatic heterocycles. The van der Waals surface area contributed by atoms with Crippen molar-refractivity contribution in [3.63, 3.8) is 0 Å². The Labute approximate surface area is 288 Å². The smallest absolute Gasteiger partial charge is 0.383 e. The molecule has 2 atom stereocenters. The molecule has 3 amide bonds. The van der Waals surface area contributed by atoms with E-state index in [1.165, 1.54) is 28.1 Å². The van der Waals surface area contributed by atoms with Crippen molar-refractivity contribution in [1.82, 2.24) is 16.0 Å². The Bertz CT molecular complexity index is 1590. The Hall–Kier alpha value is -4.22. The molecular formula is C35H39Cl2F2N3O6. The number of hydrogen-bond donors (Lipinski definition) is 3. The first-order valence-electron chi connectivity index (χ1n) is 15.3. The summed E-state index contributed by atoms with van der Waals surface area (Å²) in [5.41, 5.74) is 2.10. The van der Waals surface area contributed by atoms with Crippen LogP contribution in [0.25, 0.3) is 0 Å². The highest BCUT2D eigenvalue weighted by atomic mass is 35.5. The molecule has 0 aliphatic heterocycles. The van der Waals surface area contributed by atoms with Crippen LogP contribution in [0.2, 0.25) is 10.0 Å². The van der Waals surface area contributed by atoms with Gasteiger partial charge in [0.15, 0.2) is 11.5 Å². The number of hydrogen-bond acceptors (Lipinski definition) is 6. The van der Waals surface area contributed by atoms with Crippen LogP contribution in [0.5, 0.6) is 11.5 Å². The number of ether oxygens (including phenoxy) is 2. The zero-order chi connectivity index (χ0) is 35.4. The van der Waals surface area contributed by atoms with Gasteiger partial charge in [-0.05, 0) is 59.7 Å². The molecule has 3 rings (SSSR count). The number of rotatable bonds is 17. The third kappa shape index (κ3) is 10.6. The van der Waals surface area contributed by atoms with Gasteiger partial charge in [-0.1, -0.05) is 79.5 Å². The van der Waals surface area contributed by atoms with Crippen LogP contribution >= 0.6 is 23.2 Å². The van der Waals surface area contributed by atoms with Gasteiger partial charge in [-0.2, -0.15) is 8.78 Å². The lowest BCUT2D eigenvalue weighted by Crippen LogP contribution is -2.59. The molecule has 0 fully saturated rings. The fourth-order valence-electron chi connectivity index (χ4n) is 4.84. The minimum Gasteiger partial charge on any atom is -0.493 e. The Kier molecular flexibility index (Phi) is 14.2. The summed E-state index contributed by atoms with van der Waals surface area (Å²) in [5, 5.41) is 7.83. The number of carbonyl (C=O) groups is 4. The molecule has 13 heteroatoms. The van der Waals surface area contributed by atoms with Crippen LogP contribution in [-0.4, -0.2) is 62.3 Å². The molecule has 0 saturated carbocycles. The molecule has 3 N–H and O–H groups in total. The van der Waals surface area contributed by atoms with E-state index < -0.39 is 47.4 Å². The van der Waals surface area contributed by atoms with Crippen LogP contribution in [0, 0.1) is 5.92 Å². The highest BCUT2D eigenvalue weighted by Crippen LogP contribution is 2.28. The minimum absolute atomic E-state index is 0.0402. The van der Waals surface area contributed by atoms with Crippen molar-refractivity contribution < 1.29 is 37.4 Å². The van der Waals surface area contributed by atoms with E-state index in [1.807, 2.05) is 0 Å². The zero-order valence-corrected chi connectivity index (χ0v) is 28.6. The average Bonchev–Trinajstić information content (AvgIpc) is 3.07. The quantitative estimate of drug-likeness (QED) is 0.162. The van der Waals surface area contributed by atoms with Gasteiger partial charge in [0, 0.05) is 19.4 Å². The second-order valence-electron chi connectivity index (χ2n) is 11.4. The predicted molar refractivity (Wildman–Crippen MR) is 180 cm³/mol. The van der Waals surface area contributed by atoms with Crippen molar-refractivity contribution >= 4 is 46.7 Å². The number of aryl methyl sites for hydroxylation is 1. The SMILES string of the molecule is COc1ccc(C[C@H](NC(=O)CCc2ccc(Cl)c(Cl)c2)C(=O)N[C@H](C(=O)C(F)(F)C(=O)NCCc2ccccc2)C(C)C)cc1OC. The molecular weight excluding hydrogens is 667 g/mol. The summed E-state index contributed by atoms with van der Waals surface area (Å²) in [7, 11) is 2.90. The third-order valence-electron chi connectivity index (χ3n) is 7.55. The largest absolute Gasteiger partial charge is 0.493 e. The number of carbonyl (C=O) groups excluding carboxylic acids is 4. The van der Waals surface area contributed by atoms with E-state index in [1.54, 1.807) is 66.7 Å². The van der Waals surface area contributed by atoms with Gasteiger partial charge < -0.3 is 25.4 Å². The Balaban J connectivity index is 1.77. The lowest BCUT2D eigenvalue weighted by atomic mass is 9.94. The first kappa shape index (κ1) is 38.2. The van der Waals surface area contributed by atoms with Gasteiger partial charge in [0.05, 0.1) is 30.3 Å². The van der Waals surface area contributed by atoms with Gasteiger partial charge in [-0.25, -0.2) is 0 Å². The number of ketones is 1. The summed E-state index contributed by atoms with van der Waals surface area (Å²) in [4.78, 5) is 52.3. The number of amides is 3. The van der Waals surface area contributed by atoms with E-state index >= 15 is 8.78 Å². The standard InChI is InChI=1S/C35H39Cl2F2N3O6/c1-21(2)31(32(44)35(38,39)34(46)40-17-16-22-8-6-5-7-9-22)42-33(45)27(19-24-11-14-28(47-3)29(20-24)48-4)41-30(43)15-12-23-10-13-25(36)26(37)18-23/h5-11,13-14,18,20-21,27,31H,12,15-17,19H2,1-4H3,(H,40,46)(H,41,43)(H,42,45)/t27-,31-/m0/s1. The number of nitrogens with one attached hydrogen (secondary N) is 3. The first-order chi connectivity index (χ1) is 22.8. The van der Waals surface area contributed by atoms with Gasteiger partial charge in [0.1, 0.15) is 6.04 Å². The normalized spacial score (nSPS) is 12.5. The summed E-state index contributed by atoms with van der Waals surface area (Å²) < 4.78 is 41.0. The second-order valence-corrected chi connectivity index (χ2v) is 12.2. The average molecular weight is 707 g/mol. The zero-order valence-electron chi connectivity index (χ0n) is 27.1. The summed E-state index contributed by atoms with van der Waals surface area (Å²) in [6.07, 6.45) is 0.428. The summed E-state index contributed by atoms with van der Waals surface area (Å²) in [5.74, 6) is -9.38. The van der Waals surface area contributed by atoms with E-state index in [9.17, 15) is 19.2 Å². The van der Waals surface area contributed by atoms with E-state index in [0.717, 1.165) is 11.1 Å². The van der Waals surface area contributed by atoms with E-state index in [0.29, 0.717) is 27.1 Å². The molecule has 258 valence electrons. The van der Waals surface area contributed by atoms with Crippen molar-refractivity contribution in [2.45, 2.75) is 57.5 Å². The minimum atomic E-state index is -4.43. The highest BCUT2D eigenvalue weighted by Gasteiger charge is 2.51. The molecule has 0 saturated heterocycles. The van der Waals surface area contributed by atoms with Crippen molar-refractivity contribution in [2.24, 2.45) is 5.92 Å². The molecule has 9 nitrogen and oxygen atoms in total. The van der Waals surface area contributed by atoms with E-state index in [-0.39, 0.29) is 32.2 Å². The number of benzene rings is 3. The molecule has 48 heavy (non-hydrogen) atoms. The fourth-order valence-corrected chi connectivity index (χ4v) is 5.16. The van der Waals surface area contributed by atoms with E-state index in [2.05, 4.69) is 16.0 Å². The molecule has 0 aliphatic rings. The number of Topliss-reactive ketones (excluding diaryl/α,β-unsaturated/α-hetero) is 1. The summed E-state index contributed by atoms with van der Waals surface area (Å²) in [6, 6.07) is 15.7. The van der Waals surface area contributed by atoms with Crippen molar-refractivity contribution in [3.05, 3.63) is 93.5 Å². The maximum absolute atomic E-state index is 15.2. The van der Waals surface area contributed by atoms with Crippen molar-refractivity contribution in [3.8, 4) is 11.5 Å². The first-order valence-corrected chi connectivity index (χ1v) is 16.0. The predicted octanol–water partition coefficient (Wildman–Crippen LogP) is 5.37. The summed E-state index contributed by atoms with van der Waals surface area (Å²) >= 11 is 12.1. The maximum atomic E-state index is 15.2. The molecule has 0 aliphatic carbocycles. The lowest BCUT2D eigenvalue weighted by Gasteiger charge is -2.27. The Morgan fingerprint density at radius 1 is 0.792 bits per heavy atom. The molecule has 0 heterocycles. The van der Waals surface area contributed by atoms with Crippen LogP contribution in [0.1, 0.15) is 37.0 Å². The monoisotopic (exact) mass is 705 g/mol. The molecule has 0 unspecified atom stereocenters. The number of alkyl halides is 2. The van der Waals surface area contributed by atoms with Crippen LogP contribution in [-0.2, 0) is 38.4 Å². The fraction of sp³-hybridized carbons (Fsp3) is 0.371. The van der Waals surface area contributed by atoms with Gasteiger partial charge >= 0.3 is 5.92 Å². The summed E-state index contributed by atoms with van der Waals surface area (Å²) in [6.45, 7) is 2.81. The van der Waals surface area contributed by atoms with Gasteiger partial charge in [0.2, 0.25) is 17.6 Å². The highest BCUT2D eigenvalue weighted by molar-refractivity contribution is 6.42. The molecule has 0 radical (unpaired) electrons. The topological polar surface area (TPSA) is 123 Å². The van der Waals surface area contributed by atoms with Gasteiger partial charge in [-0.15, -0.1) is 0 Å². The Morgan fingerprint density at radius 2 is 1.46 bits per heavy atom. The molecule has 3 aromatic rings. The molecule has 0 bridgehead atoms. The molecule has 3 aromatic carbocycles. The van der Waals surface area contributed by atoms with Crippen molar-refractivity contribution in [2.75, 3.05) is 20.8 Å². The molecule has 0 spiro atoms. The Morgan fingerprint density at radius 3 is 2.08 bits per heavy atom. The maximum Gasteiger partial charge on any atom is 0.383 e. The number of methoxy groups -OCH3 is 2. The van der Waals surface area contributed by atoms with Crippen molar-refractivity contribution in [1.29, 1.82) is 0 Å².